The first-order valence-electron chi connectivity index (χ1n) is 6.83. The molecule has 0 aliphatic carbocycles. The maximum Gasteiger partial charge on any atom is 0.420 e. The zero-order valence-electron chi connectivity index (χ0n) is 12.0. The van der Waals surface area contributed by atoms with Crippen molar-refractivity contribution < 1.29 is 14.0 Å². The zero-order valence-corrected chi connectivity index (χ0v) is 12.0. The Labute approximate surface area is 130 Å². The van der Waals surface area contributed by atoms with Crippen molar-refractivity contribution in [2.45, 2.75) is 6.54 Å². The van der Waals surface area contributed by atoms with Gasteiger partial charge in [0.2, 0.25) is 11.8 Å². The number of nitrogens with zero attached hydrogens (tertiary/aromatic N) is 1. The van der Waals surface area contributed by atoms with Crippen LogP contribution in [0.15, 0.2) is 57.7 Å². The highest BCUT2D eigenvalue weighted by Gasteiger charge is 2.12. The van der Waals surface area contributed by atoms with Gasteiger partial charge in [0.15, 0.2) is 5.58 Å². The molecule has 0 radical (unpaired) electrons. The van der Waals surface area contributed by atoms with Crippen LogP contribution in [-0.2, 0) is 11.3 Å². The Kier molecular flexibility index (Phi) is 3.68. The molecule has 1 aromatic heterocycles. The lowest BCUT2D eigenvalue weighted by molar-refractivity contribution is -0.116. The molecule has 0 saturated carbocycles. The van der Waals surface area contributed by atoms with Gasteiger partial charge in [0.25, 0.3) is 0 Å². The van der Waals surface area contributed by atoms with E-state index in [4.69, 9.17) is 10.2 Å². The van der Waals surface area contributed by atoms with Gasteiger partial charge in [0.05, 0.1) is 5.52 Å². The number of nitrogens with two attached hydrogens (primary N) is 1. The number of carbonyl (C=O) groups is 2. The number of nitrogens with one attached hydrogen (secondary N) is 1. The number of hydrogen-bond acceptors (Lipinski definition) is 4. The number of rotatable bonds is 4. The molecule has 0 aliphatic heterocycles. The summed E-state index contributed by atoms with van der Waals surface area (Å²) < 4.78 is 6.32. The normalized spacial score (nSPS) is 10.6. The highest BCUT2D eigenvalue weighted by Crippen LogP contribution is 2.13. The summed E-state index contributed by atoms with van der Waals surface area (Å²) in [6, 6.07) is 13.0. The third-order valence-corrected chi connectivity index (χ3v) is 3.33. The van der Waals surface area contributed by atoms with Crippen molar-refractivity contribution in [3.63, 3.8) is 0 Å². The Morgan fingerprint density at radius 3 is 2.48 bits per heavy atom. The molecule has 0 bridgehead atoms. The van der Waals surface area contributed by atoms with E-state index in [-0.39, 0.29) is 12.5 Å². The molecule has 0 spiro atoms. The number of oxazole rings is 1. The maximum absolute atomic E-state index is 12.1. The molecular formula is C16H13N3O4. The number of anilines is 1. The number of carbonyl (C=O) groups excluding carboxylic acids is 2. The number of primary amides is 1. The second-order valence-corrected chi connectivity index (χ2v) is 4.91. The second-order valence-electron chi connectivity index (χ2n) is 4.91. The van der Waals surface area contributed by atoms with E-state index in [0.29, 0.717) is 22.4 Å². The van der Waals surface area contributed by atoms with Crippen LogP contribution in [0.25, 0.3) is 11.1 Å². The van der Waals surface area contributed by atoms with Gasteiger partial charge in [-0.2, -0.15) is 0 Å². The molecule has 0 fully saturated rings. The monoisotopic (exact) mass is 311 g/mol. The Bertz CT molecular complexity index is 938. The third-order valence-electron chi connectivity index (χ3n) is 3.33. The predicted molar refractivity (Wildman–Crippen MR) is 84.1 cm³/mol. The summed E-state index contributed by atoms with van der Waals surface area (Å²) in [4.78, 5) is 34.9. The van der Waals surface area contributed by atoms with Crippen molar-refractivity contribution in [3.8, 4) is 0 Å². The maximum atomic E-state index is 12.1. The van der Waals surface area contributed by atoms with E-state index in [0.717, 1.165) is 0 Å². The quantitative estimate of drug-likeness (QED) is 0.757. The molecule has 7 heteroatoms. The molecule has 7 nitrogen and oxygen atoms in total. The first-order valence-corrected chi connectivity index (χ1v) is 6.83. The number of para-hydroxylation sites is 2. The lowest BCUT2D eigenvalue weighted by Crippen LogP contribution is -2.24. The van der Waals surface area contributed by atoms with Crippen LogP contribution in [0.4, 0.5) is 5.69 Å². The van der Waals surface area contributed by atoms with Gasteiger partial charge in [-0.15, -0.1) is 0 Å². The van der Waals surface area contributed by atoms with Crippen LogP contribution >= 0.6 is 0 Å². The minimum absolute atomic E-state index is 0.173. The van der Waals surface area contributed by atoms with Crippen LogP contribution in [0, 0.1) is 0 Å². The summed E-state index contributed by atoms with van der Waals surface area (Å²) in [5.74, 6) is -1.52. The summed E-state index contributed by atoms with van der Waals surface area (Å²) in [5, 5.41) is 2.65. The summed E-state index contributed by atoms with van der Waals surface area (Å²) in [7, 11) is 0. The topological polar surface area (TPSA) is 107 Å². The van der Waals surface area contributed by atoms with Gasteiger partial charge in [-0.05, 0) is 36.4 Å². The van der Waals surface area contributed by atoms with Crippen LogP contribution in [0.3, 0.4) is 0 Å². The molecule has 116 valence electrons. The molecule has 3 aromatic rings. The van der Waals surface area contributed by atoms with Gasteiger partial charge in [0, 0.05) is 11.3 Å². The van der Waals surface area contributed by atoms with Gasteiger partial charge in [-0.1, -0.05) is 12.1 Å². The van der Waals surface area contributed by atoms with Crippen molar-refractivity contribution in [2.75, 3.05) is 5.32 Å². The SMILES string of the molecule is NC(=O)c1ccc(NC(=O)Cn2c(=O)oc3ccccc32)cc1. The number of benzene rings is 2. The molecule has 0 saturated heterocycles. The number of amides is 2. The average molecular weight is 311 g/mol. The molecule has 2 aromatic carbocycles. The third kappa shape index (κ3) is 2.98. The van der Waals surface area contributed by atoms with E-state index >= 15 is 0 Å². The van der Waals surface area contributed by atoms with Crippen LogP contribution in [0.1, 0.15) is 10.4 Å². The zero-order chi connectivity index (χ0) is 16.4. The van der Waals surface area contributed by atoms with E-state index in [1.165, 1.54) is 16.7 Å². The highest BCUT2D eigenvalue weighted by molar-refractivity contribution is 5.95. The molecule has 0 unspecified atom stereocenters. The van der Waals surface area contributed by atoms with E-state index in [1.807, 2.05) is 0 Å². The van der Waals surface area contributed by atoms with E-state index in [9.17, 15) is 14.4 Å². The molecule has 23 heavy (non-hydrogen) atoms. The van der Waals surface area contributed by atoms with Crippen molar-refractivity contribution in [3.05, 3.63) is 64.6 Å². The summed E-state index contributed by atoms with van der Waals surface area (Å²) in [6.45, 7) is -0.173. The van der Waals surface area contributed by atoms with Crippen molar-refractivity contribution >= 4 is 28.6 Å². The van der Waals surface area contributed by atoms with Crippen LogP contribution in [-0.4, -0.2) is 16.4 Å². The fourth-order valence-electron chi connectivity index (χ4n) is 2.23. The summed E-state index contributed by atoms with van der Waals surface area (Å²) in [6.07, 6.45) is 0. The number of fused-ring (bicyclic) bond motifs is 1. The second kappa shape index (κ2) is 5.80. The lowest BCUT2D eigenvalue weighted by atomic mass is 10.2. The average Bonchev–Trinajstić information content (AvgIpc) is 2.84. The minimum Gasteiger partial charge on any atom is -0.408 e. The minimum atomic E-state index is -0.592. The lowest BCUT2D eigenvalue weighted by Gasteiger charge is -2.06. The Morgan fingerprint density at radius 1 is 1.09 bits per heavy atom. The van der Waals surface area contributed by atoms with Gasteiger partial charge in [0.1, 0.15) is 6.54 Å². The number of hydrogen-bond donors (Lipinski definition) is 2. The van der Waals surface area contributed by atoms with E-state index < -0.39 is 11.7 Å². The van der Waals surface area contributed by atoms with E-state index in [2.05, 4.69) is 5.32 Å². The van der Waals surface area contributed by atoms with Crippen LogP contribution < -0.4 is 16.8 Å². The molecule has 3 rings (SSSR count). The molecular weight excluding hydrogens is 298 g/mol. The molecule has 2 amide bonds. The molecule has 3 N–H and O–H groups in total. The largest absolute Gasteiger partial charge is 0.420 e. The first kappa shape index (κ1) is 14.6. The van der Waals surface area contributed by atoms with Gasteiger partial charge >= 0.3 is 5.76 Å². The van der Waals surface area contributed by atoms with Crippen LogP contribution in [0.5, 0.6) is 0 Å². The van der Waals surface area contributed by atoms with Gasteiger partial charge in [-0.25, -0.2) is 4.79 Å². The van der Waals surface area contributed by atoms with Crippen molar-refractivity contribution in [1.82, 2.24) is 4.57 Å². The van der Waals surface area contributed by atoms with Crippen molar-refractivity contribution in [1.29, 1.82) is 0 Å². The molecule has 0 atom stereocenters. The van der Waals surface area contributed by atoms with Gasteiger partial charge < -0.3 is 15.5 Å². The molecule has 1 heterocycles. The number of aromatic nitrogens is 1. The predicted octanol–water partition coefficient (Wildman–Crippen LogP) is 1.33. The fraction of sp³-hybridized carbons (Fsp3) is 0.0625. The Hall–Kier alpha value is -3.35. The molecule has 0 aliphatic rings. The Balaban J connectivity index is 1.77. The van der Waals surface area contributed by atoms with E-state index in [1.54, 1.807) is 36.4 Å². The summed E-state index contributed by atoms with van der Waals surface area (Å²) in [5.41, 5.74) is 6.98. The van der Waals surface area contributed by atoms with Crippen molar-refractivity contribution in [2.24, 2.45) is 5.73 Å². The standard InChI is InChI=1S/C16H13N3O4/c17-15(21)10-5-7-11(8-6-10)18-14(20)9-19-12-3-1-2-4-13(12)23-16(19)22/h1-8H,9H2,(H2,17,21)(H,18,20). The summed E-state index contributed by atoms with van der Waals surface area (Å²) >= 11 is 0. The first-order chi connectivity index (χ1) is 11.0. The fourth-order valence-corrected chi connectivity index (χ4v) is 2.23. The smallest absolute Gasteiger partial charge is 0.408 e. The Morgan fingerprint density at radius 2 is 1.78 bits per heavy atom. The highest BCUT2D eigenvalue weighted by atomic mass is 16.4. The van der Waals surface area contributed by atoms with Gasteiger partial charge in [-0.3, -0.25) is 14.2 Å². The van der Waals surface area contributed by atoms with Crippen LogP contribution in [0.2, 0.25) is 0 Å².